The van der Waals surface area contributed by atoms with Gasteiger partial charge in [-0.15, -0.1) is 25.6 Å². The standard InChI is InChI=1S/C9H9F3N2O2.ClH/c10-9(11,12)16-6-3-1-5(2-4-6)7(13)8(14)15;/h1-4,7H,13H2,(H2,14,15);1H. The van der Waals surface area contributed by atoms with E-state index in [2.05, 4.69) is 4.74 Å². The van der Waals surface area contributed by atoms with Crippen LogP contribution in [0.3, 0.4) is 0 Å². The third-order valence-electron chi connectivity index (χ3n) is 1.78. The number of benzene rings is 1. The Morgan fingerprint density at radius 1 is 1.24 bits per heavy atom. The van der Waals surface area contributed by atoms with E-state index >= 15 is 0 Å². The van der Waals surface area contributed by atoms with Crippen LogP contribution >= 0.6 is 12.4 Å². The van der Waals surface area contributed by atoms with Crippen molar-refractivity contribution in [2.45, 2.75) is 12.4 Å². The fourth-order valence-corrected chi connectivity index (χ4v) is 1.04. The first-order chi connectivity index (χ1) is 7.29. The highest BCUT2D eigenvalue weighted by Crippen LogP contribution is 2.23. The topological polar surface area (TPSA) is 78.3 Å². The summed E-state index contributed by atoms with van der Waals surface area (Å²) in [5.41, 5.74) is 10.6. The van der Waals surface area contributed by atoms with E-state index in [4.69, 9.17) is 11.5 Å². The molecule has 17 heavy (non-hydrogen) atoms. The molecule has 1 rings (SSSR count). The van der Waals surface area contributed by atoms with Gasteiger partial charge in [0, 0.05) is 0 Å². The molecule has 0 saturated carbocycles. The van der Waals surface area contributed by atoms with Crippen molar-refractivity contribution in [1.29, 1.82) is 0 Å². The van der Waals surface area contributed by atoms with Crippen molar-refractivity contribution in [2.24, 2.45) is 11.5 Å². The zero-order valence-electron chi connectivity index (χ0n) is 8.40. The molecule has 0 bridgehead atoms. The number of rotatable bonds is 3. The third-order valence-corrected chi connectivity index (χ3v) is 1.78. The summed E-state index contributed by atoms with van der Waals surface area (Å²) in [6.45, 7) is 0. The van der Waals surface area contributed by atoms with E-state index in [0.717, 1.165) is 12.1 Å². The number of ether oxygens (including phenoxy) is 1. The highest BCUT2D eigenvalue weighted by atomic mass is 35.5. The number of alkyl halides is 3. The van der Waals surface area contributed by atoms with Gasteiger partial charge in [0.1, 0.15) is 11.8 Å². The van der Waals surface area contributed by atoms with Crippen LogP contribution in [0.5, 0.6) is 5.75 Å². The number of primary amides is 1. The Balaban J connectivity index is 0.00000256. The molecule has 4 nitrogen and oxygen atoms in total. The van der Waals surface area contributed by atoms with Crippen LogP contribution in [-0.2, 0) is 4.79 Å². The number of hydrogen-bond donors (Lipinski definition) is 2. The molecule has 0 aliphatic rings. The third kappa shape index (κ3) is 4.92. The molecule has 1 aromatic carbocycles. The molecular weight excluding hydrogens is 261 g/mol. The zero-order chi connectivity index (χ0) is 12.3. The Bertz CT molecular complexity index is 381. The molecule has 0 aliphatic carbocycles. The Labute approximate surface area is 101 Å². The van der Waals surface area contributed by atoms with Gasteiger partial charge in [0.2, 0.25) is 5.91 Å². The summed E-state index contributed by atoms with van der Waals surface area (Å²) in [7, 11) is 0. The summed E-state index contributed by atoms with van der Waals surface area (Å²) in [5, 5.41) is 0. The van der Waals surface area contributed by atoms with Gasteiger partial charge in [-0.1, -0.05) is 12.1 Å². The predicted octanol–water partition coefficient (Wildman–Crippen LogP) is 1.49. The molecule has 1 atom stereocenters. The lowest BCUT2D eigenvalue weighted by atomic mass is 10.1. The average Bonchev–Trinajstić information content (AvgIpc) is 2.15. The van der Waals surface area contributed by atoms with E-state index in [0.29, 0.717) is 5.56 Å². The van der Waals surface area contributed by atoms with Gasteiger partial charge in [-0.2, -0.15) is 0 Å². The number of halogens is 4. The first-order valence-electron chi connectivity index (χ1n) is 4.20. The molecule has 0 spiro atoms. The predicted molar refractivity (Wildman–Crippen MR) is 56.5 cm³/mol. The van der Waals surface area contributed by atoms with Gasteiger partial charge in [0.15, 0.2) is 0 Å². The minimum absolute atomic E-state index is 0. The monoisotopic (exact) mass is 270 g/mol. The molecule has 1 amide bonds. The fourth-order valence-electron chi connectivity index (χ4n) is 1.04. The SMILES string of the molecule is Cl.NC(=O)C(N)c1ccc(OC(F)(F)F)cc1. The van der Waals surface area contributed by atoms with Crippen molar-refractivity contribution in [3.05, 3.63) is 29.8 Å². The summed E-state index contributed by atoms with van der Waals surface area (Å²) < 4.78 is 39.1. The molecule has 0 aromatic heterocycles. The Hall–Kier alpha value is -1.47. The second-order valence-corrected chi connectivity index (χ2v) is 3.00. The molecule has 0 saturated heterocycles. The first-order valence-corrected chi connectivity index (χ1v) is 4.20. The van der Waals surface area contributed by atoms with Gasteiger partial charge >= 0.3 is 6.36 Å². The van der Waals surface area contributed by atoms with Crippen molar-refractivity contribution in [3.63, 3.8) is 0 Å². The fraction of sp³-hybridized carbons (Fsp3) is 0.222. The smallest absolute Gasteiger partial charge is 0.406 e. The first kappa shape index (κ1) is 15.5. The Morgan fingerprint density at radius 3 is 2.06 bits per heavy atom. The number of carbonyl (C=O) groups is 1. The van der Waals surface area contributed by atoms with Crippen LogP contribution in [-0.4, -0.2) is 12.3 Å². The Kier molecular flexibility index (Phi) is 5.24. The van der Waals surface area contributed by atoms with E-state index in [1.807, 2.05) is 0 Å². The molecule has 1 aromatic rings. The van der Waals surface area contributed by atoms with E-state index < -0.39 is 18.3 Å². The maximum Gasteiger partial charge on any atom is 0.573 e. The Morgan fingerprint density at radius 2 is 1.71 bits per heavy atom. The van der Waals surface area contributed by atoms with Gasteiger partial charge in [-0.3, -0.25) is 4.79 Å². The lowest BCUT2D eigenvalue weighted by molar-refractivity contribution is -0.274. The molecule has 0 aliphatic heterocycles. The van der Waals surface area contributed by atoms with Gasteiger partial charge in [-0.05, 0) is 17.7 Å². The van der Waals surface area contributed by atoms with Crippen LogP contribution in [0.15, 0.2) is 24.3 Å². The number of hydrogen-bond acceptors (Lipinski definition) is 3. The number of amides is 1. The van der Waals surface area contributed by atoms with Crippen LogP contribution in [0.1, 0.15) is 11.6 Å². The normalized spacial score (nSPS) is 12.5. The highest BCUT2D eigenvalue weighted by molar-refractivity contribution is 5.85. The molecule has 0 heterocycles. The van der Waals surface area contributed by atoms with Gasteiger partial charge in [-0.25, -0.2) is 0 Å². The quantitative estimate of drug-likeness (QED) is 0.873. The van der Waals surface area contributed by atoms with E-state index in [9.17, 15) is 18.0 Å². The van der Waals surface area contributed by atoms with Crippen molar-refractivity contribution in [1.82, 2.24) is 0 Å². The van der Waals surface area contributed by atoms with Crippen LogP contribution < -0.4 is 16.2 Å². The summed E-state index contributed by atoms with van der Waals surface area (Å²) in [6, 6.07) is 3.57. The van der Waals surface area contributed by atoms with Crippen LogP contribution in [0.25, 0.3) is 0 Å². The molecule has 1 unspecified atom stereocenters. The maximum atomic E-state index is 11.8. The average molecular weight is 271 g/mol. The van der Waals surface area contributed by atoms with E-state index in [-0.39, 0.29) is 18.2 Å². The number of nitrogens with two attached hydrogens (primary N) is 2. The summed E-state index contributed by atoms with van der Waals surface area (Å²) in [6.07, 6.45) is -4.74. The van der Waals surface area contributed by atoms with Crippen molar-refractivity contribution in [2.75, 3.05) is 0 Å². The molecular formula is C9H10ClF3N2O2. The second kappa shape index (κ2) is 5.74. The molecule has 0 radical (unpaired) electrons. The summed E-state index contributed by atoms with van der Waals surface area (Å²) in [4.78, 5) is 10.7. The van der Waals surface area contributed by atoms with Gasteiger partial charge in [0.05, 0.1) is 0 Å². The van der Waals surface area contributed by atoms with Crippen molar-refractivity contribution >= 4 is 18.3 Å². The van der Waals surface area contributed by atoms with E-state index in [1.54, 1.807) is 0 Å². The van der Waals surface area contributed by atoms with Crippen molar-refractivity contribution < 1.29 is 22.7 Å². The van der Waals surface area contributed by atoms with Crippen molar-refractivity contribution in [3.8, 4) is 5.75 Å². The second-order valence-electron chi connectivity index (χ2n) is 3.00. The van der Waals surface area contributed by atoms with Crippen LogP contribution in [0.2, 0.25) is 0 Å². The van der Waals surface area contributed by atoms with Gasteiger partial charge < -0.3 is 16.2 Å². The zero-order valence-corrected chi connectivity index (χ0v) is 9.22. The highest BCUT2D eigenvalue weighted by Gasteiger charge is 2.31. The minimum Gasteiger partial charge on any atom is -0.406 e. The van der Waals surface area contributed by atoms with Crippen LogP contribution in [0.4, 0.5) is 13.2 Å². The van der Waals surface area contributed by atoms with E-state index in [1.165, 1.54) is 12.1 Å². The molecule has 0 fully saturated rings. The van der Waals surface area contributed by atoms with Gasteiger partial charge in [0.25, 0.3) is 0 Å². The van der Waals surface area contributed by atoms with Crippen LogP contribution in [0, 0.1) is 0 Å². The minimum atomic E-state index is -4.74. The number of carbonyl (C=O) groups excluding carboxylic acids is 1. The lowest BCUT2D eigenvalue weighted by Gasteiger charge is -2.11. The largest absolute Gasteiger partial charge is 0.573 e. The molecule has 8 heteroatoms. The lowest BCUT2D eigenvalue weighted by Crippen LogP contribution is -2.28. The summed E-state index contributed by atoms with van der Waals surface area (Å²) in [5.74, 6) is -1.14. The maximum absolute atomic E-state index is 11.8. The summed E-state index contributed by atoms with van der Waals surface area (Å²) >= 11 is 0. The molecule has 4 N–H and O–H groups in total. The molecule has 96 valence electrons.